The van der Waals surface area contributed by atoms with Crippen molar-refractivity contribution in [1.29, 1.82) is 0 Å². The van der Waals surface area contributed by atoms with E-state index in [4.69, 9.17) is 16.1 Å². The number of fused-ring (bicyclic) bond motifs is 1. The summed E-state index contributed by atoms with van der Waals surface area (Å²) in [5.41, 5.74) is 2.13. The molecule has 0 spiro atoms. The fraction of sp³-hybridized carbons (Fsp3) is 0.267. The SMILES string of the molecule is Cc1nc2c(Cl)cccc2cc1-c1nc(CCS(C)(=O)=O)no1. The van der Waals surface area contributed by atoms with E-state index in [-0.39, 0.29) is 12.2 Å². The topological polar surface area (TPSA) is 86.0 Å². The van der Waals surface area contributed by atoms with Crippen molar-refractivity contribution in [3.63, 3.8) is 0 Å². The predicted molar refractivity (Wildman–Crippen MR) is 88.2 cm³/mol. The summed E-state index contributed by atoms with van der Waals surface area (Å²) in [6.45, 7) is 1.83. The molecule has 0 bridgehead atoms. The Morgan fingerprint density at radius 1 is 1.26 bits per heavy atom. The maximum Gasteiger partial charge on any atom is 0.259 e. The number of sulfone groups is 1. The molecular weight excluding hydrogens is 338 g/mol. The summed E-state index contributed by atoms with van der Waals surface area (Å²) in [6.07, 6.45) is 1.39. The van der Waals surface area contributed by atoms with Crippen LogP contribution in [0, 0.1) is 6.92 Å². The molecule has 8 heteroatoms. The van der Waals surface area contributed by atoms with Crippen molar-refractivity contribution in [3.05, 3.63) is 40.8 Å². The second kappa shape index (κ2) is 5.90. The molecule has 120 valence electrons. The summed E-state index contributed by atoms with van der Waals surface area (Å²) in [6, 6.07) is 7.41. The van der Waals surface area contributed by atoms with Crippen molar-refractivity contribution in [2.75, 3.05) is 12.0 Å². The van der Waals surface area contributed by atoms with E-state index in [0.29, 0.717) is 33.5 Å². The molecule has 0 aliphatic heterocycles. The van der Waals surface area contributed by atoms with E-state index < -0.39 is 9.84 Å². The van der Waals surface area contributed by atoms with Crippen LogP contribution >= 0.6 is 11.6 Å². The first-order chi connectivity index (χ1) is 10.8. The zero-order valence-corrected chi connectivity index (χ0v) is 14.1. The third-order valence-electron chi connectivity index (χ3n) is 3.38. The largest absolute Gasteiger partial charge is 0.334 e. The van der Waals surface area contributed by atoms with E-state index in [1.807, 2.05) is 25.1 Å². The van der Waals surface area contributed by atoms with Gasteiger partial charge in [0.15, 0.2) is 5.82 Å². The Morgan fingerprint density at radius 2 is 2.04 bits per heavy atom. The molecule has 23 heavy (non-hydrogen) atoms. The molecule has 2 aromatic heterocycles. The van der Waals surface area contributed by atoms with E-state index in [2.05, 4.69) is 15.1 Å². The van der Waals surface area contributed by atoms with Crippen LogP contribution in [0.25, 0.3) is 22.4 Å². The molecule has 0 aliphatic rings. The first-order valence-corrected chi connectivity index (χ1v) is 9.34. The molecule has 0 amide bonds. The van der Waals surface area contributed by atoms with Crippen molar-refractivity contribution >= 4 is 32.3 Å². The molecule has 0 unspecified atom stereocenters. The van der Waals surface area contributed by atoms with Gasteiger partial charge in [-0.1, -0.05) is 28.9 Å². The van der Waals surface area contributed by atoms with Gasteiger partial charge >= 0.3 is 0 Å². The molecule has 3 aromatic rings. The van der Waals surface area contributed by atoms with Crippen LogP contribution in [0.15, 0.2) is 28.8 Å². The molecule has 0 saturated carbocycles. The number of hydrogen-bond acceptors (Lipinski definition) is 6. The van der Waals surface area contributed by atoms with Crippen molar-refractivity contribution in [2.45, 2.75) is 13.3 Å². The van der Waals surface area contributed by atoms with Crippen LogP contribution in [-0.2, 0) is 16.3 Å². The van der Waals surface area contributed by atoms with E-state index >= 15 is 0 Å². The predicted octanol–water partition coefficient (Wildman–Crippen LogP) is 2.83. The normalized spacial score (nSPS) is 12.0. The van der Waals surface area contributed by atoms with Crippen LogP contribution in [0.4, 0.5) is 0 Å². The molecule has 0 atom stereocenters. The minimum Gasteiger partial charge on any atom is -0.334 e. The third-order valence-corrected chi connectivity index (χ3v) is 4.63. The lowest BCUT2D eigenvalue weighted by atomic mass is 10.1. The monoisotopic (exact) mass is 351 g/mol. The average molecular weight is 352 g/mol. The summed E-state index contributed by atoms with van der Waals surface area (Å²) in [5.74, 6) is 0.660. The van der Waals surface area contributed by atoms with E-state index in [1.54, 1.807) is 6.07 Å². The van der Waals surface area contributed by atoms with Gasteiger partial charge < -0.3 is 4.52 Å². The van der Waals surface area contributed by atoms with E-state index in [0.717, 1.165) is 5.39 Å². The van der Waals surface area contributed by atoms with Gasteiger partial charge in [-0.25, -0.2) is 8.42 Å². The second-order valence-electron chi connectivity index (χ2n) is 5.33. The zero-order valence-electron chi connectivity index (χ0n) is 12.6. The number of benzene rings is 1. The highest BCUT2D eigenvalue weighted by molar-refractivity contribution is 7.90. The summed E-state index contributed by atoms with van der Waals surface area (Å²) in [5, 5.41) is 5.28. The molecular formula is C15H14ClN3O3S. The van der Waals surface area contributed by atoms with Gasteiger partial charge in [-0.3, -0.25) is 4.98 Å². The Kier molecular flexibility index (Phi) is 4.08. The van der Waals surface area contributed by atoms with Gasteiger partial charge in [-0.2, -0.15) is 4.98 Å². The van der Waals surface area contributed by atoms with Crippen molar-refractivity contribution in [3.8, 4) is 11.5 Å². The van der Waals surface area contributed by atoms with Crippen LogP contribution in [0.5, 0.6) is 0 Å². The van der Waals surface area contributed by atoms with Gasteiger partial charge in [0.1, 0.15) is 9.84 Å². The zero-order chi connectivity index (χ0) is 16.6. The fourth-order valence-electron chi connectivity index (χ4n) is 2.21. The minimum absolute atomic E-state index is 0.0173. The molecule has 0 N–H and O–H groups in total. The summed E-state index contributed by atoms with van der Waals surface area (Å²) in [7, 11) is -3.07. The highest BCUT2D eigenvalue weighted by Gasteiger charge is 2.15. The summed E-state index contributed by atoms with van der Waals surface area (Å²) >= 11 is 6.14. The van der Waals surface area contributed by atoms with Gasteiger partial charge in [0.2, 0.25) is 0 Å². The average Bonchev–Trinajstić information content (AvgIpc) is 2.94. The Bertz CT molecular complexity index is 983. The lowest BCUT2D eigenvalue weighted by Gasteiger charge is -2.04. The van der Waals surface area contributed by atoms with E-state index in [9.17, 15) is 8.42 Å². The van der Waals surface area contributed by atoms with Crippen LogP contribution < -0.4 is 0 Å². The number of nitrogens with zero attached hydrogens (tertiary/aromatic N) is 3. The molecule has 1 aromatic carbocycles. The van der Waals surface area contributed by atoms with Crippen molar-refractivity contribution in [1.82, 2.24) is 15.1 Å². The maximum atomic E-state index is 11.2. The first-order valence-electron chi connectivity index (χ1n) is 6.90. The number of aromatic nitrogens is 3. The smallest absolute Gasteiger partial charge is 0.259 e. The Labute approximate surface area is 138 Å². The fourth-order valence-corrected chi connectivity index (χ4v) is 2.99. The number of hydrogen-bond donors (Lipinski definition) is 0. The third kappa shape index (κ3) is 3.51. The molecule has 0 saturated heterocycles. The Hall–Kier alpha value is -1.99. The van der Waals surface area contributed by atoms with Gasteiger partial charge in [-0.05, 0) is 19.1 Å². The molecule has 6 nitrogen and oxygen atoms in total. The van der Waals surface area contributed by atoms with Crippen LogP contribution in [0.1, 0.15) is 11.5 Å². The van der Waals surface area contributed by atoms with Gasteiger partial charge in [0.05, 0.1) is 27.5 Å². The van der Waals surface area contributed by atoms with E-state index in [1.165, 1.54) is 6.26 Å². The van der Waals surface area contributed by atoms with Gasteiger partial charge in [0.25, 0.3) is 5.89 Å². The highest BCUT2D eigenvalue weighted by Crippen LogP contribution is 2.28. The Balaban J connectivity index is 1.97. The summed E-state index contributed by atoms with van der Waals surface area (Å²) < 4.78 is 27.7. The molecule has 0 aliphatic carbocycles. The van der Waals surface area contributed by atoms with Crippen molar-refractivity contribution < 1.29 is 12.9 Å². The number of pyridine rings is 1. The number of halogens is 1. The molecule has 0 radical (unpaired) electrons. The van der Waals surface area contributed by atoms with Gasteiger partial charge in [-0.15, -0.1) is 0 Å². The number of aryl methyl sites for hydroxylation is 2. The summed E-state index contributed by atoms with van der Waals surface area (Å²) in [4.78, 5) is 8.75. The second-order valence-corrected chi connectivity index (χ2v) is 8.00. The lowest BCUT2D eigenvalue weighted by molar-refractivity contribution is 0.423. The van der Waals surface area contributed by atoms with Crippen LogP contribution in [0.3, 0.4) is 0 Å². The van der Waals surface area contributed by atoms with Gasteiger partial charge in [0, 0.05) is 18.1 Å². The quantitative estimate of drug-likeness (QED) is 0.718. The van der Waals surface area contributed by atoms with Crippen LogP contribution in [-0.4, -0.2) is 35.6 Å². The standard InChI is InChI=1S/C15H14ClN3O3S/c1-9-11(8-10-4-3-5-12(16)14(10)17-9)15-18-13(19-22-15)6-7-23(2,20)21/h3-5,8H,6-7H2,1-2H3. The molecule has 0 fully saturated rings. The highest BCUT2D eigenvalue weighted by atomic mass is 35.5. The Morgan fingerprint density at radius 3 is 2.78 bits per heavy atom. The minimum atomic E-state index is -3.07. The van der Waals surface area contributed by atoms with Crippen LogP contribution in [0.2, 0.25) is 5.02 Å². The number of rotatable bonds is 4. The first kappa shape index (κ1) is 15.9. The molecule has 3 rings (SSSR count). The lowest BCUT2D eigenvalue weighted by Crippen LogP contribution is -2.06. The number of para-hydroxylation sites is 1. The van der Waals surface area contributed by atoms with Crippen molar-refractivity contribution in [2.24, 2.45) is 0 Å². The molecule has 2 heterocycles. The maximum absolute atomic E-state index is 11.2.